The Bertz CT molecular complexity index is 1640. The molecule has 14 heteroatoms. The molecule has 1 saturated heterocycles. The highest BCUT2D eigenvalue weighted by atomic mass is 19.4. The second-order valence-electron chi connectivity index (χ2n) is 12.2. The van der Waals surface area contributed by atoms with E-state index in [0.29, 0.717) is 48.0 Å². The normalized spacial score (nSPS) is 24.7. The summed E-state index contributed by atoms with van der Waals surface area (Å²) < 4.78 is 64.2. The first-order chi connectivity index (χ1) is 20.8. The number of nitrogens with one attached hydrogen (secondary N) is 2. The number of amides is 1. The van der Waals surface area contributed by atoms with Crippen LogP contribution in [0.25, 0.3) is 22.4 Å². The molecule has 3 N–H and O–H groups in total. The van der Waals surface area contributed by atoms with Crippen LogP contribution < -0.4 is 10.6 Å². The van der Waals surface area contributed by atoms with Gasteiger partial charge in [0.15, 0.2) is 0 Å². The zero-order valence-corrected chi connectivity index (χ0v) is 24.4. The lowest BCUT2D eigenvalue weighted by molar-refractivity contribution is -0.139. The molecule has 1 aliphatic heterocycles. The molecular weight excluding hydrogens is 582 g/mol. The van der Waals surface area contributed by atoms with Crippen molar-refractivity contribution in [1.82, 2.24) is 29.5 Å². The molecule has 2 aliphatic rings. The number of likely N-dealkylation sites (tertiary alicyclic amines) is 1. The first-order valence-electron chi connectivity index (χ1n) is 14.6. The van der Waals surface area contributed by atoms with E-state index in [1.54, 1.807) is 49.6 Å². The summed E-state index contributed by atoms with van der Waals surface area (Å²) in [6.07, 6.45) is 0.508. The van der Waals surface area contributed by atoms with Gasteiger partial charge in [-0.15, -0.1) is 0 Å². The van der Waals surface area contributed by atoms with Gasteiger partial charge in [-0.05, 0) is 63.9 Å². The maximum absolute atomic E-state index is 14.8. The Morgan fingerprint density at radius 3 is 2.80 bits per heavy atom. The van der Waals surface area contributed by atoms with Gasteiger partial charge in [-0.25, -0.2) is 4.39 Å². The predicted molar refractivity (Wildman–Crippen MR) is 155 cm³/mol. The maximum atomic E-state index is 14.8. The van der Waals surface area contributed by atoms with Crippen molar-refractivity contribution >= 4 is 22.5 Å². The zero-order valence-electron chi connectivity index (χ0n) is 24.4. The van der Waals surface area contributed by atoms with Gasteiger partial charge in [0.2, 0.25) is 11.7 Å². The number of alkyl halides is 4. The minimum atomic E-state index is -4.53. The number of piperidine rings is 1. The average Bonchev–Trinajstić information content (AvgIpc) is 3.74. The van der Waals surface area contributed by atoms with E-state index < -0.39 is 30.5 Å². The van der Waals surface area contributed by atoms with Crippen LogP contribution in [0.1, 0.15) is 54.9 Å². The Kier molecular flexibility index (Phi) is 7.91. The van der Waals surface area contributed by atoms with Crippen LogP contribution in [0.5, 0.6) is 0 Å². The van der Waals surface area contributed by atoms with Gasteiger partial charge in [0, 0.05) is 42.6 Å². The molecule has 4 aromatic rings. The van der Waals surface area contributed by atoms with Gasteiger partial charge in [0.25, 0.3) is 5.91 Å². The largest absolute Gasteiger partial charge is 0.406 e. The molecule has 3 aromatic heterocycles. The summed E-state index contributed by atoms with van der Waals surface area (Å²) in [5, 5.41) is 20.6. The second kappa shape index (κ2) is 11.5. The number of halogens is 4. The summed E-state index contributed by atoms with van der Waals surface area (Å²) in [4.78, 5) is 19.0. The first kappa shape index (κ1) is 30.1. The van der Waals surface area contributed by atoms with E-state index in [2.05, 4.69) is 20.8 Å². The van der Waals surface area contributed by atoms with Crippen LogP contribution >= 0.6 is 0 Å². The highest BCUT2D eigenvalue weighted by molar-refractivity contribution is 5.96. The highest BCUT2D eigenvalue weighted by Crippen LogP contribution is 2.38. The standard InChI is InChI=1S/C30H35F4N7O3/c1-29(43)9-6-19(13-29)40-11-7-18(15-40)28(42)35-14-26-37-27(38-44-26)25-12-20-22(36-23-8-10-39(2)16-21(23)31)4-3-5-24(20)41(25)17-30(32,33)34/h3-5,7,11-12,15,19,21,23,36,43H,6,8-10,13-14,16-17H2,1-2H3,(H,35,42)/t19?,21-,23+,29+/m0/s1. The van der Waals surface area contributed by atoms with Crippen molar-refractivity contribution in [3.05, 3.63) is 54.2 Å². The molecule has 4 atom stereocenters. The molecule has 1 aromatic carbocycles. The van der Waals surface area contributed by atoms with Crippen molar-refractivity contribution in [2.24, 2.45) is 0 Å². The molecule has 0 radical (unpaired) electrons. The molecule has 1 aliphatic carbocycles. The Hall–Kier alpha value is -3.91. The fraction of sp³-hybridized carbons (Fsp3) is 0.500. The molecular formula is C30H35F4N7O3. The number of hydrogen-bond acceptors (Lipinski definition) is 7. The fourth-order valence-corrected chi connectivity index (χ4v) is 6.27. The first-order valence-corrected chi connectivity index (χ1v) is 14.6. The van der Waals surface area contributed by atoms with E-state index in [0.717, 1.165) is 11.0 Å². The van der Waals surface area contributed by atoms with E-state index in [1.165, 1.54) is 0 Å². The summed E-state index contributed by atoms with van der Waals surface area (Å²) in [6.45, 7) is 1.36. The summed E-state index contributed by atoms with van der Waals surface area (Å²) >= 11 is 0. The molecule has 0 bridgehead atoms. The molecule has 6 rings (SSSR count). The van der Waals surface area contributed by atoms with Crippen LogP contribution in [0.3, 0.4) is 0 Å². The average molecular weight is 618 g/mol. The third kappa shape index (κ3) is 6.46. The van der Waals surface area contributed by atoms with Gasteiger partial charge < -0.3 is 34.3 Å². The molecule has 10 nitrogen and oxygen atoms in total. The highest BCUT2D eigenvalue weighted by Gasteiger charge is 2.34. The number of aromatic nitrogens is 4. The molecule has 4 heterocycles. The van der Waals surface area contributed by atoms with Crippen LogP contribution in [-0.4, -0.2) is 79.3 Å². The number of benzene rings is 1. The monoisotopic (exact) mass is 617 g/mol. The SMILES string of the molecule is CN1CC[C@@H](Nc2cccc3c2cc(-c2noc(CNC(=O)c4ccn(C5CC[C@@](C)(O)C5)c4)n2)n3CC(F)(F)F)[C@@H](F)C1. The van der Waals surface area contributed by atoms with Gasteiger partial charge in [-0.3, -0.25) is 4.79 Å². The van der Waals surface area contributed by atoms with Crippen LogP contribution in [-0.2, 0) is 13.1 Å². The number of hydrogen-bond donors (Lipinski definition) is 3. The van der Waals surface area contributed by atoms with E-state index in [4.69, 9.17) is 4.52 Å². The van der Waals surface area contributed by atoms with Gasteiger partial charge >= 0.3 is 6.18 Å². The Balaban J connectivity index is 1.20. The van der Waals surface area contributed by atoms with Gasteiger partial charge in [0.1, 0.15) is 12.7 Å². The minimum absolute atomic E-state index is 0.0217. The quantitative estimate of drug-likeness (QED) is 0.241. The third-order valence-electron chi connectivity index (χ3n) is 8.56. The van der Waals surface area contributed by atoms with E-state index in [9.17, 15) is 27.5 Å². The number of aliphatic hydroxyl groups is 1. The molecule has 1 amide bonds. The number of fused-ring (bicyclic) bond motifs is 1. The lowest BCUT2D eigenvalue weighted by atomic mass is 10.0. The van der Waals surface area contributed by atoms with Gasteiger partial charge in [0.05, 0.1) is 35.0 Å². The third-order valence-corrected chi connectivity index (χ3v) is 8.56. The van der Waals surface area contributed by atoms with E-state index >= 15 is 0 Å². The van der Waals surface area contributed by atoms with E-state index in [-0.39, 0.29) is 42.4 Å². The second-order valence-corrected chi connectivity index (χ2v) is 12.2. The summed E-state index contributed by atoms with van der Waals surface area (Å²) in [5.74, 6) is -0.425. The van der Waals surface area contributed by atoms with Crippen molar-refractivity contribution in [3.63, 3.8) is 0 Å². The van der Waals surface area contributed by atoms with Crippen molar-refractivity contribution in [2.45, 2.75) is 75.7 Å². The van der Waals surface area contributed by atoms with Crippen molar-refractivity contribution < 1.29 is 32.0 Å². The fourth-order valence-electron chi connectivity index (χ4n) is 6.27. The lowest BCUT2D eigenvalue weighted by Crippen LogP contribution is -2.46. The number of carbonyl (C=O) groups is 1. The Labute approximate surface area is 251 Å². The zero-order chi connectivity index (χ0) is 31.2. The topological polar surface area (TPSA) is 113 Å². The van der Waals surface area contributed by atoms with Crippen LogP contribution in [0.4, 0.5) is 23.2 Å². The van der Waals surface area contributed by atoms with Crippen molar-refractivity contribution in [3.8, 4) is 11.5 Å². The Morgan fingerprint density at radius 2 is 2.07 bits per heavy atom. The summed E-state index contributed by atoms with van der Waals surface area (Å²) in [7, 11) is 1.85. The predicted octanol–water partition coefficient (Wildman–Crippen LogP) is 4.92. The molecule has 1 saturated carbocycles. The number of carbonyl (C=O) groups excluding carboxylic acids is 1. The van der Waals surface area contributed by atoms with Crippen molar-refractivity contribution in [1.29, 1.82) is 0 Å². The van der Waals surface area contributed by atoms with Gasteiger partial charge in [-0.2, -0.15) is 18.2 Å². The van der Waals surface area contributed by atoms with Crippen molar-refractivity contribution in [2.75, 3.05) is 25.5 Å². The molecule has 2 fully saturated rings. The number of rotatable bonds is 8. The Morgan fingerprint density at radius 1 is 1.25 bits per heavy atom. The minimum Gasteiger partial charge on any atom is -0.390 e. The maximum Gasteiger partial charge on any atom is 0.406 e. The summed E-state index contributed by atoms with van der Waals surface area (Å²) in [6, 6.07) is 7.76. The number of nitrogens with zero attached hydrogens (tertiary/aromatic N) is 5. The molecule has 236 valence electrons. The van der Waals surface area contributed by atoms with Crippen LogP contribution in [0.2, 0.25) is 0 Å². The molecule has 44 heavy (non-hydrogen) atoms. The van der Waals surface area contributed by atoms with Crippen LogP contribution in [0.15, 0.2) is 47.2 Å². The summed E-state index contributed by atoms with van der Waals surface area (Å²) in [5.41, 5.74) is 0.588. The van der Waals surface area contributed by atoms with E-state index in [1.807, 2.05) is 16.5 Å². The lowest BCUT2D eigenvalue weighted by Gasteiger charge is -2.33. The number of anilines is 1. The molecule has 1 unspecified atom stereocenters. The van der Waals surface area contributed by atoms with Crippen LogP contribution in [0, 0.1) is 0 Å². The van der Waals surface area contributed by atoms with Gasteiger partial charge in [-0.1, -0.05) is 11.2 Å². The smallest absolute Gasteiger partial charge is 0.390 e. The molecule has 0 spiro atoms.